The van der Waals surface area contributed by atoms with Gasteiger partial charge in [-0.2, -0.15) is 11.8 Å². The molecule has 0 heterocycles. The van der Waals surface area contributed by atoms with Gasteiger partial charge in [-0.1, -0.05) is 44.0 Å². The number of imide groups is 1. The van der Waals surface area contributed by atoms with E-state index in [1.165, 1.54) is 24.6 Å². The van der Waals surface area contributed by atoms with Crippen LogP contribution in [0.25, 0.3) is 0 Å². The van der Waals surface area contributed by atoms with Crippen LogP contribution >= 0.6 is 11.8 Å². The molecule has 1 N–H and O–H groups in total. The summed E-state index contributed by atoms with van der Waals surface area (Å²) in [5, 5.41) is 1.89. The minimum atomic E-state index is -0.315. The summed E-state index contributed by atoms with van der Waals surface area (Å²) < 4.78 is 16.6. The molecule has 0 aliphatic carbocycles. The molecule has 0 saturated heterocycles. The molecule has 35 heavy (non-hydrogen) atoms. The SMILES string of the molecule is CCCCCC=O.COc1ccc(C(COc2ccc(CC(SC)C(=O)NC=O)cc2)OC)cc1. The topological polar surface area (TPSA) is 90.9 Å². The maximum atomic E-state index is 11.8. The van der Waals surface area contributed by atoms with E-state index < -0.39 is 0 Å². The van der Waals surface area contributed by atoms with Crippen molar-refractivity contribution in [2.24, 2.45) is 0 Å². The van der Waals surface area contributed by atoms with Crippen molar-refractivity contribution < 1.29 is 28.6 Å². The predicted molar refractivity (Wildman–Crippen MR) is 140 cm³/mol. The average molecular weight is 504 g/mol. The lowest BCUT2D eigenvalue weighted by atomic mass is 10.1. The zero-order valence-corrected chi connectivity index (χ0v) is 21.8. The van der Waals surface area contributed by atoms with Gasteiger partial charge in [-0.15, -0.1) is 0 Å². The molecular formula is C27H37NO6S. The van der Waals surface area contributed by atoms with E-state index in [2.05, 4.69) is 12.2 Å². The molecule has 0 saturated carbocycles. The minimum Gasteiger partial charge on any atom is -0.497 e. The summed E-state index contributed by atoms with van der Waals surface area (Å²) in [6.45, 7) is 2.50. The van der Waals surface area contributed by atoms with Gasteiger partial charge < -0.3 is 19.0 Å². The zero-order valence-electron chi connectivity index (χ0n) is 21.0. The van der Waals surface area contributed by atoms with E-state index in [-0.39, 0.29) is 17.3 Å². The summed E-state index contributed by atoms with van der Waals surface area (Å²) in [7, 11) is 3.28. The first-order chi connectivity index (χ1) is 17.0. The minimum absolute atomic E-state index is 0.196. The maximum Gasteiger partial charge on any atom is 0.239 e. The number of hydrogen-bond donors (Lipinski definition) is 1. The molecule has 2 aromatic carbocycles. The molecule has 2 rings (SSSR count). The van der Waals surface area contributed by atoms with Crippen molar-refractivity contribution >= 4 is 30.4 Å². The van der Waals surface area contributed by atoms with Crippen molar-refractivity contribution in [3.8, 4) is 11.5 Å². The van der Waals surface area contributed by atoms with E-state index in [9.17, 15) is 14.4 Å². The van der Waals surface area contributed by atoms with Crippen LogP contribution in [0.4, 0.5) is 0 Å². The van der Waals surface area contributed by atoms with Crippen molar-refractivity contribution in [1.82, 2.24) is 5.32 Å². The lowest BCUT2D eigenvalue weighted by Gasteiger charge is -2.17. The van der Waals surface area contributed by atoms with Gasteiger partial charge in [-0.3, -0.25) is 14.9 Å². The zero-order chi connectivity index (χ0) is 25.9. The third-order valence-corrected chi connectivity index (χ3v) is 6.17. The van der Waals surface area contributed by atoms with E-state index in [4.69, 9.17) is 14.2 Å². The van der Waals surface area contributed by atoms with Crippen molar-refractivity contribution in [2.45, 2.75) is 50.4 Å². The molecule has 0 bridgehead atoms. The van der Waals surface area contributed by atoms with Gasteiger partial charge in [0.05, 0.1) is 12.4 Å². The summed E-state index contributed by atoms with van der Waals surface area (Å²) in [5.74, 6) is 1.23. The molecule has 0 aliphatic rings. The molecule has 0 fully saturated rings. The predicted octanol–water partition coefficient (Wildman–Crippen LogP) is 4.77. The third kappa shape index (κ3) is 11.9. The van der Waals surface area contributed by atoms with Gasteiger partial charge in [-0.05, 0) is 54.5 Å². The van der Waals surface area contributed by atoms with E-state index in [1.54, 1.807) is 14.2 Å². The molecule has 2 aromatic rings. The standard InChI is InChI=1S/C21H25NO5S.C6H12O/c1-25-17-10-6-16(7-11-17)19(26-2)13-27-18-8-4-15(5-9-18)12-20(28-3)21(24)22-14-23;1-2-3-4-5-6-7/h4-11,14,19-20H,12-13H2,1-3H3,(H,22,23,24);6H,2-5H2,1H3. The van der Waals surface area contributed by atoms with Crippen molar-refractivity contribution in [3.63, 3.8) is 0 Å². The first-order valence-electron chi connectivity index (χ1n) is 11.6. The quantitative estimate of drug-likeness (QED) is 0.276. The normalized spacial score (nSPS) is 11.9. The van der Waals surface area contributed by atoms with Crippen molar-refractivity contribution in [3.05, 3.63) is 59.7 Å². The smallest absolute Gasteiger partial charge is 0.239 e. The number of amides is 2. The Labute approximate surface area is 212 Å². The number of rotatable bonds is 15. The number of hydrogen-bond acceptors (Lipinski definition) is 7. The van der Waals surface area contributed by atoms with Gasteiger partial charge >= 0.3 is 0 Å². The summed E-state index contributed by atoms with van der Waals surface area (Å²) >= 11 is 1.41. The monoisotopic (exact) mass is 503 g/mol. The fourth-order valence-electron chi connectivity index (χ4n) is 3.14. The second-order valence-corrected chi connectivity index (χ2v) is 8.71. The molecule has 0 aliphatic heterocycles. The highest BCUT2D eigenvalue weighted by molar-refractivity contribution is 7.99. The summed E-state index contributed by atoms with van der Waals surface area (Å²) in [4.78, 5) is 31.9. The van der Waals surface area contributed by atoms with Gasteiger partial charge in [0.2, 0.25) is 12.3 Å². The number of thioether (sulfide) groups is 1. The third-order valence-electron chi connectivity index (χ3n) is 5.22. The molecule has 2 unspecified atom stereocenters. The molecular weight excluding hydrogens is 466 g/mol. The van der Waals surface area contributed by atoms with E-state index in [1.807, 2.05) is 54.8 Å². The highest BCUT2D eigenvalue weighted by atomic mass is 32.2. The van der Waals surface area contributed by atoms with Crippen LogP contribution in [0.5, 0.6) is 11.5 Å². The Bertz CT molecular complexity index is 857. The van der Waals surface area contributed by atoms with Gasteiger partial charge in [-0.25, -0.2) is 0 Å². The van der Waals surface area contributed by atoms with Gasteiger partial charge in [0, 0.05) is 13.5 Å². The molecule has 7 nitrogen and oxygen atoms in total. The Morgan fingerprint density at radius 1 is 1.00 bits per heavy atom. The van der Waals surface area contributed by atoms with Crippen LogP contribution in [0.1, 0.15) is 49.8 Å². The molecule has 0 aromatic heterocycles. The number of unbranched alkanes of at least 4 members (excludes halogenated alkanes) is 3. The van der Waals surface area contributed by atoms with Crippen LogP contribution < -0.4 is 14.8 Å². The fourth-order valence-corrected chi connectivity index (χ4v) is 3.78. The Hall–Kier alpha value is -2.84. The number of ether oxygens (including phenoxy) is 3. The maximum absolute atomic E-state index is 11.8. The average Bonchev–Trinajstić information content (AvgIpc) is 2.89. The number of nitrogens with one attached hydrogen (secondary N) is 1. The Kier molecular flexibility index (Phi) is 15.9. The molecule has 192 valence electrons. The van der Waals surface area contributed by atoms with Crippen molar-refractivity contribution in [2.75, 3.05) is 27.1 Å². The molecule has 2 amide bonds. The van der Waals surface area contributed by atoms with Crippen LogP contribution in [-0.2, 0) is 25.5 Å². The van der Waals surface area contributed by atoms with Crippen LogP contribution in [0.3, 0.4) is 0 Å². The second kappa shape index (κ2) is 18.5. The van der Waals surface area contributed by atoms with Crippen LogP contribution in [0.15, 0.2) is 48.5 Å². The van der Waals surface area contributed by atoms with Crippen LogP contribution in [0, 0.1) is 0 Å². The molecule has 0 spiro atoms. The van der Waals surface area contributed by atoms with E-state index in [0.29, 0.717) is 19.4 Å². The Morgan fingerprint density at radius 2 is 1.66 bits per heavy atom. The fraction of sp³-hybridized carbons (Fsp3) is 0.444. The largest absolute Gasteiger partial charge is 0.497 e. The van der Waals surface area contributed by atoms with E-state index >= 15 is 0 Å². The Morgan fingerprint density at radius 3 is 2.17 bits per heavy atom. The summed E-state index contributed by atoms with van der Waals surface area (Å²) in [6.07, 6.45) is 7.79. The van der Waals surface area contributed by atoms with Gasteiger partial charge in [0.15, 0.2) is 0 Å². The van der Waals surface area contributed by atoms with Crippen molar-refractivity contribution in [1.29, 1.82) is 0 Å². The Balaban J connectivity index is 0.000000762. The first kappa shape index (κ1) is 30.2. The highest BCUT2D eigenvalue weighted by Crippen LogP contribution is 2.23. The highest BCUT2D eigenvalue weighted by Gasteiger charge is 2.17. The lowest BCUT2D eigenvalue weighted by molar-refractivity contribution is -0.124. The summed E-state index contributed by atoms with van der Waals surface area (Å²) in [5.41, 5.74) is 2.00. The van der Waals surface area contributed by atoms with Gasteiger partial charge in [0.25, 0.3) is 0 Å². The molecule has 2 atom stereocenters. The molecule has 0 radical (unpaired) electrons. The number of methoxy groups -OCH3 is 2. The lowest BCUT2D eigenvalue weighted by Crippen LogP contribution is -2.32. The van der Waals surface area contributed by atoms with E-state index in [0.717, 1.165) is 41.8 Å². The van der Waals surface area contributed by atoms with Crippen LogP contribution in [0.2, 0.25) is 0 Å². The second-order valence-electron chi connectivity index (χ2n) is 7.67. The number of aldehydes is 1. The number of carbonyl (C=O) groups excluding carboxylic acids is 3. The van der Waals surface area contributed by atoms with Gasteiger partial charge in [0.1, 0.15) is 30.5 Å². The number of benzene rings is 2. The first-order valence-corrected chi connectivity index (χ1v) is 12.9. The molecule has 8 heteroatoms. The number of carbonyl (C=O) groups is 3. The summed E-state index contributed by atoms with van der Waals surface area (Å²) in [6, 6.07) is 15.2. The van der Waals surface area contributed by atoms with Crippen LogP contribution in [-0.4, -0.2) is 50.9 Å².